The van der Waals surface area contributed by atoms with Gasteiger partial charge in [0.2, 0.25) is 0 Å². The molecule has 7 nitrogen and oxygen atoms in total. The molecule has 3 rings (SSSR count). The Morgan fingerprint density at radius 2 is 2.15 bits per heavy atom. The van der Waals surface area contributed by atoms with Gasteiger partial charge in [0, 0.05) is 6.20 Å². The standard InChI is InChI=1S/C18H14N4O3S/c1-26-17-11(5-4-8-20-17)18(24)25-10-15(23)12(9-19)16-21-13-6-2-3-7-14(13)22-16/h2-8,23H,10H2,1H3,(H,21,22)/b15-12-. The first-order valence-electron chi connectivity index (χ1n) is 7.57. The van der Waals surface area contributed by atoms with Gasteiger partial charge in [0.05, 0.1) is 16.6 Å². The molecule has 0 saturated carbocycles. The zero-order valence-electron chi connectivity index (χ0n) is 13.8. The van der Waals surface area contributed by atoms with Gasteiger partial charge in [0.15, 0.2) is 11.6 Å². The van der Waals surface area contributed by atoms with E-state index in [-0.39, 0.29) is 17.2 Å². The number of aliphatic hydroxyl groups is 1. The van der Waals surface area contributed by atoms with E-state index < -0.39 is 12.6 Å². The third kappa shape index (κ3) is 3.53. The molecule has 26 heavy (non-hydrogen) atoms. The van der Waals surface area contributed by atoms with Gasteiger partial charge >= 0.3 is 5.97 Å². The van der Waals surface area contributed by atoms with E-state index in [1.54, 1.807) is 30.7 Å². The molecule has 0 bridgehead atoms. The van der Waals surface area contributed by atoms with Crippen molar-refractivity contribution in [2.24, 2.45) is 0 Å². The maximum absolute atomic E-state index is 12.2. The number of hydrogen-bond donors (Lipinski definition) is 2. The van der Waals surface area contributed by atoms with Crippen LogP contribution in [0.3, 0.4) is 0 Å². The van der Waals surface area contributed by atoms with Gasteiger partial charge in [-0.3, -0.25) is 0 Å². The molecule has 2 heterocycles. The lowest BCUT2D eigenvalue weighted by Gasteiger charge is -2.07. The molecular weight excluding hydrogens is 352 g/mol. The van der Waals surface area contributed by atoms with Crippen LogP contribution < -0.4 is 0 Å². The van der Waals surface area contributed by atoms with Crippen LogP contribution >= 0.6 is 11.8 Å². The molecule has 0 aliphatic carbocycles. The molecule has 2 N–H and O–H groups in total. The number of imidazole rings is 1. The molecule has 3 aromatic rings. The summed E-state index contributed by atoms with van der Waals surface area (Å²) < 4.78 is 5.12. The van der Waals surface area contributed by atoms with E-state index in [4.69, 9.17) is 4.74 Å². The zero-order valence-corrected chi connectivity index (χ0v) is 14.6. The zero-order chi connectivity index (χ0) is 18.5. The number of nitriles is 1. The molecule has 0 aliphatic heterocycles. The summed E-state index contributed by atoms with van der Waals surface area (Å²) in [5, 5.41) is 20.1. The molecule has 0 spiro atoms. The number of pyridine rings is 1. The van der Waals surface area contributed by atoms with E-state index in [9.17, 15) is 15.2 Å². The highest BCUT2D eigenvalue weighted by Gasteiger charge is 2.17. The number of fused-ring (bicyclic) bond motifs is 1. The fraction of sp³-hybridized carbons (Fsp3) is 0.111. The van der Waals surface area contributed by atoms with Crippen molar-refractivity contribution in [1.29, 1.82) is 5.26 Å². The van der Waals surface area contributed by atoms with E-state index >= 15 is 0 Å². The number of aromatic nitrogens is 3. The van der Waals surface area contributed by atoms with Crippen molar-refractivity contribution in [2.45, 2.75) is 5.03 Å². The van der Waals surface area contributed by atoms with Crippen LogP contribution in [0.25, 0.3) is 16.6 Å². The summed E-state index contributed by atoms with van der Waals surface area (Å²) in [7, 11) is 0. The quantitative estimate of drug-likeness (QED) is 0.308. The molecule has 0 aliphatic rings. The molecule has 0 radical (unpaired) electrons. The number of carbonyl (C=O) groups excluding carboxylic acids is 1. The normalized spacial score (nSPS) is 11.7. The van der Waals surface area contributed by atoms with Gasteiger partial charge in [0.25, 0.3) is 0 Å². The van der Waals surface area contributed by atoms with Crippen LogP contribution in [0.5, 0.6) is 0 Å². The number of carbonyl (C=O) groups is 1. The Balaban J connectivity index is 1.81. The molecule has 8 heteroatoms. The Morgan fingerprint density at radius 1 is 1.35 bits per heavy atom. The molecule has 0 atom stereocenters. The van der Waals surface area contributed by atoms with E-state index in [2.05, 4.69) is 15.0 Å². The SMILES string of the molecule is CSc1ncccc1C(=O)OC/C(O)=C(\C#N)c1nc2ccccc2[nH]1. The van der Waals surface area contributed by atoms with Crippen molar-refractivity contribution in [3.8, 4) is 6.07 Å². The Kier molecular flexibility index (Phi) is 5.20. The molecule has 0 unspecified atom stereocenters. The van der Waals surface area contributed by atoms with E-state index in [1.165, 1.54) is 11.8 Å². The summed E-state index contributed by atoms with van der Waals surface area (Å²) in [5.41, 5.74) is 1.63. The van der Waals surface area contributed by atoms with Crippen molar-refractivity contribution in [1.82, 2.24) is 15.0 Å². The third-order valence-corrected chi connectivity index (χ3v) is 4.26. The van der Waals surface area contributed by atoms with Gasteiger partial charge in [-0.25, -0.2) is 14.8 Å². The van der Waals surface area contributed by atoms with Crippen molar-refractivity contribution in [3.63, 3.8) is 0 Å². The number of para-hydroxylation sites is 2. The first-order chi connectivity index (χ1) is 12.6. The number of aromatic amines is 1. The minimum atomic E-state index is -0.629. The highest BCUT2D eigenvalue weighted by molar-refractivity contribution is 7.98. The smallest absolute Gasteiger partial charge is 0.341 e. The monoisotopic (exact) mass is 366 g/mol. The van der Waals surface area contributed by atoms with Gasteiger partial charge < -0.3 is 14.8 Å². The predicted octanol–water partition coefficient (Wildman–Crippen LogP) is 3.33. The third-order valence-electron chi connectivity index (χ3n) is 3.55. The number of thioether (sulfide) groups is 1. The van der Waals surface area contributed by atoms with Crippen LogP contribution in [0.2, 0.25) is 0 Å². The van der Waals surface area contributed by atoms with Gasteiger partial charge in [-0.2, -0.15) is 5.26 Å². The first kappa shape index (κ1) is 17.5. The summed E-state index contributed by atoms with van der Waals surface area (Å²) in [4.78, 5) is 23.5. The second-order valence-electron chi connectivity index (χ2n) is 5.17. The number of nitrogens with zero attached hydrogens (tertiary/aromatic N) is 3. The summed E-state index contributed by atoms with van der Waals surface area (Å²) in [6.07, 6.45) is 3.38. The number of allylic oxidation sites excluding steroid dienone is 1. The fourth-order valence-electron chi connectivity index (χ4n) is 2.32. The maximum atomic E-state index is 12.2. The lowest BCUT2D eigenvalue weighted by molar-refractivity contribution is 0.0498. The number of ether oxygens (including phenoxy) is 1. The number of hydrogen-bond acceptors (Lipinski definition) is 7. The topological polar surface area (TPSA) is 112 Å². The number of benzene rings is 1. The number of H-pyrrole nitrogens is 1. The number of esters is 1. The largest absolute Gasteiger partial charge is 0.507 e. The lowest BCUT2D eigenvalue weighted by atomic mass is 10.2. The molecule has 0 fully saturated rings. The Hall–Kier alpha value is -3.31. The summed E-state index contributed by atoms with van der Waals surface area (Å²) in [6.45, 7) is -0.443. The number of aliphatic hydroxyl groups excluding tert-OH is 1. The average Bonchev–Trinajstić information content (AvgIpc) is 3.10. The van der Waals surface area contributed by atoms with Gasteiger partial charge in [-0.05, 0) is 30.5 Å². The van der Waals surface area contributed by atoms with Gasteiger partial charge in [-0.15, -0.1) is 11.8 Å². The Bertz CT molecular complexity index is 1000. The van der Waals surface area contributed by atoms with Crippen LogP contribution in [0.4, 0.5) is 0 Å². The van der Waals surface area contributed by atoms with Crippen molar-refractivity contribution < 1.29 is 14.6 Å². The van der Waals surface area contributed by atoms with Gasteiger partial charge in [0.1, 0.15) is 23.3 Å². The predicted molar refractivity (Wildman–Crippen MR) is 97.6 cm³/mol. The average molecular weight is 366 g/mol. The Labute approximate surface area is 153 Å². The minimum Gasteiger partial charge on any atom is -0.507 e. The molecule has 0 amide bonds. The van der Waals surface area contributed by atoms with E-state index in [0.29, 0.717) is 16.1 Å². The fourth-order valence-corrected chi connectivity index (χ4v) is 2.86. The second-order valence-corrected chi connectivity index (χ2v) is 5.97. The maximum Gasteiger partial charge on any atom is 0.341 e. The minimum absolute atomic E-state index is 0.0784. The molecule has 2 aromatic heterocycles. The van der Waals surface area contributed by atoms with E-state index in [0.717, 1.165) is 5.52 Å². The van der Waals surface area contributed by atoms with E-state index in [1.807, 2.05) is 24.3 Å². The molecular formula is C18H14N4O3S. The summed E-state index contributed by atoms with van der Waals surface area (Å²) >= 11 is 1.31. The van der Waals surface area contributed by atoms with Crippen LogP contribution in [0.1, 0.15) is 16.2 Å². The van der Waals surface area contributed by atoms with Crippen LogP contribution in [-0.2, 0) is 4.74 Å². The highest BCUT2D eigenvalue weighted by Crippen LogP contribution is 2.20. The first-order valence-corrected chi connectivity index (χ1v) is 8.80. The second kappa shape index (κ2) is 7.72. The Morgan fingerprint density at radius 3 is 2.88 bits per heavy atom. The summed E-state index contributed by atoms with van der Waals surface area (Å²) in [5.74, 6) is -0.793. The van der Waals surface area contributed by atoms with Crippen LogP contribution in [0.15, 0.2) is 53.4 Å². The highest BCUT2D eigenvalue weighted by atomic mass is 32.2. The number of nitrogens with one attached hydrogen (secondary N) is 1. The van der Waals surface area contributed by atoms with Crippen LogP contribution in [0, 0.1) is 11.3 Å². The van der Waals surface area contributed by atoms with Crippen molar-refractivity contribution >= 4 is 34.3 Å². The van der Waals surface area contributed by atoms with Crippen molar-refractivity contribution in [3.05, 3.63) is 59.7 Å². The molecule has 130 valence electrons. The molecule has 0 saturated heterocycles. The number of rotatable bonds is 5. The van der Waals surface area contributed by atoms with Gasteiger partial charge in [-0.1, -0.05) is 12.1 Å². The molecule has 1 aromatic carbocycles. The lowest BCUT2D eigenvalue weighted by Crippen LogP contribution is -2.10. The van der Waals surface area contributed by atoms with Crippen LogP contribution in [-0.4, -0.2) is 38.9 Å². The summed E-state index contributed by atoms with van der Waals surface area (Å²) in [6, 6.07) is 12.4. The van der Waals surface area contributed by atoms with Crippen molar-refractivity contribution in [2.75, 3.05) is 12.9 Å².